The number of carbonyl (C=O) groups excluding carboxylic acids is 2. The maximum absolute atomic E-state index is 13.7. The molecule has 2 amide bonds. The fourth-order valence-electron chi connectivity index (χ4n) is 4.97. The highest BCUT2D eigenvalue weighted by Crippen LogP contribution is 2.31. The van der Waals surface area contributed by atoms with Crippen LogP contribution >= 0.6 is 12.4 Å². The Balaban J connectivity index is 0.00000507. The van der Waals surface area contributed by atoms with Gasteiger partial charge >= 0.3 is 6.09 Å². The van der Waals surface area contributed by atoms with E-state index >= 15 is 0 Å². The van der Waals surface area contributed by atoms with Crippen molar-refractivity contribution in [3.8, 4) is 11.5 Å². The number of nitrogens with zero attached hydrogens (tertiary/aromatic N) is 2. The summed E-state index contributed by atoms with van der Waals surface area (Å²) in [5.74, 6) is 1.17. The van der Waals surface area contributed by atoms with Gasteiger partial charge in [0.1, 0.15) is 0 Å². The van der Waals surface area contributed by atoms with Crippen LogP contribution in [-0.4, -0.2) is 93.1 Å². The average Bonchev–Trinajstić information content (AvgIpc) is 3.73. The summed E-state index contributed by atoms with van der Waals surface area (Å²) < 4.78 is 21.7. The zero-order valence-corrected chi connectivity index (χ0v) is 24.4. The molecule has 2 aliphatic rings. The lowest BCUT2D eigenvalue weighted by Gasteiger charge is -2.40. The highest BCUT2D eigenvalue weighted by Gasteiger charge is 2.35. The van der Waals surface area contributed by atoms with Crippen molar-refractivity contribution in [3.05, 3.63) is 23.8 Å². The molecule has 1 aromatic carbocycles. The summed E-state index contributed by atoms with van der Waals surface area (Å²) in [7, 11) is 3.26. The molecular weight excluding hydrogens is 510 g/mol. The second kappa shape index (κ2) is 16.0. The maximum Gasteiger partial charge on any atom is 0.409 e. The van der Waals surface area contributed by atoms with E-state index in [1.54, 1.807) is 32.4 Å². The monoisotopic (exact) mass is 555 g/mol. The van der Waals surface area contributed by atoms with Crippen LogP contribution in [0, 0.1) is 0 Å². The molecular formula is C28H46ClN3O6. The SMILES string of the molecule is CCOC(=O)N(CC[C@H]1CC[C@@H](N(C(=O)c2ccc(OC)c(OCCCOC)c2)C(C)C)CN1)C1CC1.Cl. The maximum atomic E-state index is 13.7. The number of nitrogens with one attached hydrogen (secondary N) is 1. The van der Waals surface area contributed by atoms with Gasteiger partial charge in [-0.25, -0.2) is 4.79 Å². The van der Waals surface area contributed by atoms with Crippen LogP contribution in [0.2, 0.25) is 0 Å². The molecule has 3 rings (SSSR count). The summed E-state index contributed by atoms with van der Waals surface area (Å²) in [6, 6.07) is 6.19. The lowest BCUT2D eigenvalue weighted by molar-refractivity contribution is 0.0546. The van der Waals surface area contributed by atoms with E-state index in [0.29, 0.717) is 55.5 Å². The van der Waals surface area contributed by atoms with E-state index in [2.05, 4.69) is 19.2 Å². The van der Waals surface area contributed by atoms with Gasteiger partial charge in [0.05, 0.1) is 20.3 Å². The Labute approximate surface area is 233 Å². The summed E-state index contributed by atoms with van der Waals surface area (Å²) in [6.07, 6.45) is 5.45. The molecule has 1 saturated carbocycles. The Hall–Kier alpha value is -2.23. The van der Waals surface area contributed by atoms with Crippen molar-refractivity contribution in [3.63, 3.8) is 0 Å². The number of methoxy groups -OCH3 is 2. The minimum atomic E-state index is -0.197. The van der Waals surface area contributed by atoms with Gasteiger partial charge in [0, 0.05) is 63.0 Å². The predicted molar refractivity (Wildman–Crippen MR) is 150 cm³/mol. The number of ether oxygens (including phenoxy) is 4. The second-order valence-corrected chi connectivity index (χ2v) is 10.1. The van der Waals surface area contributed by atoms with Crippen molar-refractivity contribution in [2.75, 3.05) is 47.1 Å². The van der Waals surface area contributed by atoms with Crippen molar-refractivity contribution in [1.82, 2.24) is 15.1 Å². The minimum absolute atomic E-state index is 0. The third-order valence-electron chi connectivity index (χ3n) is 7.04. The van der Waals surface area contributed by atoms with Crippen LogP contribution in [0.1, 0.15) is 69.7 Å². The first-order chi connectivity index (χ1) is 17.9. The summed E-state index contributed by atoms with van der Waals surface area (Å²) >= 11 is 0. The van der Waals surface area contributed by atoms with Gasteiger partial charge in [0.25, 0.3) is 5.91 Å². The standard InChI is InChI=1S/C28H45N3O6.ClH/c1-6-36-28(33)30(23-11-12-23)15-14-22-9-10-24(19-29-22)31(20(2)3)27(32)21-8-13-25(35-5)26(18-21)37-17-7-16-34-4;/h8,13,18,20,22-24,29H,6-7,9-12,14-17,19H2,1-5H3;1H/t22-,24-;/m1./s1. The topological polar surface area (TPSA) is 89.6 Å². The quantitative estimate of drug-likeness (QED) is 0.338. The van der Waals surface area contributed by atoms with Crippen LogP contribution in [0.4, 0.5) is 4.79 Å². The largest absolute Gasteiger partial charge is 0.493 e. The third kappa shape index (κ3) is 8.92. The van der Waals surface area contributed by atoms with Gasteiger partial charge in [-0.05, 0) is 71.1 Å². The molecule has 1 aromatic rings. The molecule has 9 nitrogen and oxygen atoms in total. The number of benzene rings is 1. The number of hydrogen-bond acceptors (Lipinski definition) is 7. The molecule has 38 heavy (non-hydrogen) atoms. The second-order valence-electron chi connectivity index (χ2n) is 10.1. The smallest absolute Gasteiger partial charge is 0.409 e. The third-order valence-corrected chi connectivity index (χ3v) is 7.04. The van der Waals surface area contributed by atoms with Gasteiger partial charge in [-0.2, -0.15) is 0 Å². The van der Waals surface area contributed by atoms with Crippen molar-refractivity contribution in [1.29, 1.82) is 0 Å². The molecule has 0 radical (unpaired) electrons. The first-order valence-electron chi connectivity index (χ1n) is 13.7. The Morgan fingerprint density at radius 3 is 2.37 bits per heavy atom. The zero-order chi connectivity index (χ0) is 26.8. The van der Waals surface area contributed by atoms with E-state index in [1.165, 1.54) is 0 Å². The minimum Gasteiger partial charge on any atom is -0.493 e. The van der Waals surface area contributed by atoms with E-state index in [9.17, 15) is 9.59 Å². The van der Waals surface area contributed by atoms with Crippen LogP contribution in [0.15, 0.2) is 18.2 Å². The number of carbonyl (C=O) groups is 2. The molecule has 0 spiro atoms. The Bertz CT molecular complexity index is 874. The molecule has 216 valence electrons. The molecule has 1 saturated heterocycles. The van der Waals surface area contributed by atoms with Crippen LogP contribution in [0.3, 0.4) is 0 Å². The van der Waals surface area contributed by atoms with Crippen molar-refractivity contribution < 1.29 is 28.5 Å². The molecule has 10 heteroatoms. The number of hydrogen-bond donors (Lipinski definition) is 1. The van der Waals surface area contributed by atoms with E-state index in [0.717, 1.165) is 45.1 Å². The van der Waals surface area contributed by atoms with Gasteiger partial charge in [0.15, 0.2) is 11.5 Å². The molecule has 0 aromatic heterocycles. The average molecular weight is 556 g/mol. The molecule has 1 N–H and O–H groups in total. The van der Waals surface area contributed by atoms with Crippen LogP contribution in [0.25, 0.3) is 0 Å². The predicted octanol–water partition coefficient (Wildman–Crippen LogP) is 4.51. The van der Waals surface area contributed by atoms with E-state index in [4.69, 9.17) is 18.9 Å². The molecule has 0 bridgehead atoms. The number of rotatable bonds is 14. The van der Waals surface area contributed by atoms with Crippen molar-refractivity contribution >= 4 is 24.4 Å². The highest BCUT2D eigenvalue weighted by molar-refractivity contribution is 5.95. The van der Waals surface area contributed by atoms with Crippen molar-refractivity contribution in [2.24, 2.45) is 0 Å². The normalized spacial score (nSPS) is 18.9. The van der Waals surface area contributed by atoms with Crippen LogP contribution < -0.4 is 14.8 Å². The van der Waals surface area contributed by atoms with Gasteiger partial charge in [-0.1, -0.05) is 0 Å². The molecule has 1 aliphatic carbocycles. The fourth-order valence-corrected chi connectivity index (χ4v) is 4.97. The summed E-state index contributed by atoms with van der Waals surface area (Å²) in [5, 5.41) is 3.64. The lowest BCUT2D eigenvalue weighted by Crippen LogP contribution is -2.54. The van der Waals surface area contributed by atoms with E-state index in [-0.39, 0.29) is 36.5 Å². The first kappa shape index (κ1) is 32.0. The van der Waals surface area contributed by atoms with Crippen molar-refractivity contribution in [2.45, 2.75) is 83.5 Å². The fraction of sp³-hybridized carbons (Fsp3) is 0.714. The zero-order valence-electron chi connectivity index (χ0n) is 23.6. The first-order valence-corrected chi connectivity index (χ1v) is 13.7. The van der Waals surface area contributed by atoms with Gasteiger partial charge in [0.2, 0.25) is 0 Å². The Kier molecular flexibility index (Phi) is 13.5. The number of halogens is 1. The van der Waals surface area contributed by atoms with Gasteiger partial charge in [-0.3, -0.25) is 4.79 Å². The summed E-state index contributed by atoms with van der Waals surface area (Å²) in [6.45, 7) is 8.89. The highest BCUT2D eigenvalue weighted by atomic mass is 35.5. The lowest BCUT2D eigenvalue weighted by atomic mass is 9.95. The van der Waals surface area contributed by atoms with Crippen LogP contribution in [-0.2, 0) is 9.47 Å². The Morgan fingerprint density at radius 2 is 1.79 bits per heavy atom. The molecule has 2 fully saturated rings. The van der Waals surface area contributed by atoms with Gasteiger partial charge < -0.3 is 34.1 Å². The molecule has 2 atom stereocenters. The van der Waals surface area contributed by atoms with Gasteiger partial charge in [-0.15, -0.1) is 12.4 Å². The number of amides is 2. The van der Waals surface area contributed by atoms with E-state index < -0.39 is 0 Å². The summed E-state index contributed by atoms with van der Waals surface area (Å²) in [4.78, 5) is 29.8. The van der Waals surface area contributed by atoms with Crippen LogP contribution in [0.5, 0.6) is 11.5 Å². The summed E-state index contributed by atoms with van der Waals surface area (Å²) in [5.41, 5.74) is 0.591. The molecule has 1 aliphatic heterocycles. The number of piperidine rings is 1. The van der Waals surface area contributed by atoms with E-state index in [1.807, 2.05) is 16.7 Å². The molecule has 0 unspecified atom stereocenters. The molecule has 1 heterocycles. The Morgan fingerprint density at radius 1 is 1.05 bits per heavy atom.